The maximum atomic E-state index is 12.9. The van der Waals surface area contributed by atoms with Crippen molar-refractivity contribution in [2.45, 2.75) is 19.3 Å². The second-order valence-electron chi connectivity index (χ2n) is 7.80. The van der Waals surface area contributed by atoms with Crippen LogP contribution in [0.1, 0.15) is 47.8 Å². The summed E-state index contributed by atoms with van der Waals surface area (Å²) in [4.78, 5) is 40.5. The number of alkyl halides is 3. The minimum atomic E-state index is -4.46. The molecule has 0 fully saturated rings. The number of halogens is 3. The fourth-order valence-electron chi connectivity index (χ4n) is 3.78. The van der Waals surface area contributed by atoms with E-state index in [-0.39, 0.29) is 13.1 Å². The van der Waals surface area contributed by atoms with Crippen molar-refractivity contribution in [2.24, 2.45) is 0 Å². The van der Waals surface area contributed by atoms with Gasteiger partial charge in [-0.05, 0) is 47.5 Å². The highest BCUT2D eigenvalue weighted by Gasteiger charge is 2.35. The molecule has 0 aromatic heterocycles. The molecule has 1 aliphatic heterocycles. The molecular weight excluding hydrogens is 433 g/mol. The lowest BCUT2D eigenvalue weighted by molar-refractivity contribution is -0.137. The molecular formula is C25H19F3N2O3. The van der Waals surface area contributed by atoms with E-state index in [1.54, 1.807) is 48.5 Å². The van der Waals surface area contributed by atoms with Crippen LogP contribution in [0.5, 0.6) is 0 Å². The Morgan fingerprint density at radius 1 is 0.848 bits per heavy atom. The van der Waals surface area contributed by atoms with Gasteiger partial charge in [-0.2, -0.15) is 13.2 Å². The molecule has 0 saturated heterocycles. The van der Waals surface area contributed by atoms with Gasteiger partial charge in [-0.15, -0.1) is 0 Å². The predicted molar refractivity (Wildman–Crippen MR) is 114 cm³/mol. The molecule has 8 heteroatoms. The summed E-state index contributed by atoms with van der Waals surface area (Å²) in [5, 5.41) is 0. The van der Waals surface area contributed by atoms with E-state index in [0.717, 1.165) is 17.0 Å². The van der Waals surface area contributed by atoms with Crippen molar-refractivity contribution in [1.82, 2.24) is 9.80 Å². The highest BCUT2D eigenvalue weighted by Crippen LogP contribution is 2.30. The molecule has 1 heterocycles. The second-order valence-corrected chi connectivity index (χ2v) is 7.80. The van der Waals surface area contributed by atoms with Gasteiger partial charge in [-0.1, -0.05) is 36.4 Å². The van der Waals surface area contributed by atoms with Crippen molar-refractivity contribution < 1.29 is 27.6 Å². The Kier molecular flexibility index (Phi) is 5.76. The van der Waals surface area contributed by atoms with Crippen LogP contribution in [0, 0.1) is 0 Å². The molecule has 3 aromatic carbocycles. The lowest BCUT2D eigenvalue weighted by Gasteiger charge is -2.19. The van der Waals surface area contributed by atoms with Crippen LogP contribution in [-0.4, -0.2) is 34.6 Å². The number of carbonyl (C=O) groups is 3. The minimum absolute atomic E-state index is 0.00477. The van der Waals surface area contributed by atoms with Gasteiger partial charge in [0.25, 0.3) is 17.7 Å². The monoisotopic (exact) mass is 452 g/mol. The minimum Gasteiger partial charge on any atom is -0.337 e. The van der Waals surface area contributed by atoms with Gasteiger partial charge in [0.05, 0.1) is 23.2 Å². The van der Waals surface area contributed by atoms with Gasteiger partial charge >= 0.3 is 6.18 Å². The average molecular weight is 452 g/mol. The fourth-order valence-corrected chi connectivity index (χ4v) is 3.78. The quantitative estimate of drug-likeness (QED) is 0.524. The van der Waals surface area contributed by atoms with E-state index in [1.165, 1.54) is 24.1 Å². The van der Waals surface area contributed by atoms with Crippen LogP contribution in [0.2, 0.25) is 0 Å². The standard InChI is InChI=1S/C25H19F3N2O3/c1-29(14-17-7-5-9-19(13-17)25(26,27)28)22(31)18-8-4-6-16(12-18)15-30-23(32)20-10-2-3-11-21(20)24(30)33/h2-13H,14-15H2,1H3. The molecule has 33 heavy (non-hydrogen) atoms. The number of hydrogen-bond acceptors (Lipinski definition) is 3. The van der Waals surface area contributed by atoms with E-state index in [2.05, 4.69) is 0 Å². The van der Waals surface area contributed by atoms with Crippen molar-refractivity contribution in [3.63, 3.8) is 0 Å². The Bertz CT molecular complexity index is 1220. The third-order valence-electron chi connectivity index (χ3n) is 5.41. The Labute approximate surface area is 188 Å². The second kappa shape index (κ2) is 8.54. The third kappa shape index (κ3) is 4.50. The van der Waals surface area contributed by atoms with Crippen LogP contribution in [0.25, 0.3) is 0 Å². The highest BCUT2D eigenvalue weighted by atomic mass is 19.4. The first-order chi connectivity index (χ1) is 15.6. The summed E-state index contributed by atoms with van der Waals surface area (Å²) in [6, 6.07) is 17.9. The van der Waals surface area contributed by atoms with E-state index < -0.39 is 29.5 Å². The maximum Gasteiger partial charge on any atom is 0.416 e. The van der Waals surface area contributed by atoms with Crippen LogP contribution in [0.15, 0.2) is 72.8 Å². The molecule has 1 aliphatic rings. The lowest BCUT2D eigenvalue weighted by Crippen LogP contribution is -2.29. The molecule has 0 aliphatic carbocycles. The van der Waals surface area contributed by atoms with Crippen molar-refractivity contribution in [3.8, 4) is 0 Å². The van der Waals surface area contributed by atoms with Gasteiger partial charge < -0.3 is 4.90 Å². The number of nitrogens with zero attached hydrogens (tertiary/aromatic N) is 2. The summed E-state index contributed by atoms with van der Waals surface area (Å²) >= 11 is 0. The zero-order valence-electron chi connectivity index (χ0n) is 17.6. The first-order valence-corrected chi connectivity index (χ1v) is 10.1. The molecule has 168 valence electrons. The van der Waals surface area contributed by atoms with E-state index in [9.17, 15) is 27.6 Å². The van der Waals surface area contributed by atoms with Gasteiger partial charge in [0.15, 0.2) is 0 Å². The molecule has 0 bridgehead atoms. The Morgan fingerprint density at radius 2 is 1.45 bits per heavy atom. The largest absolute Gasteiger partial charge is 0.416 e. The molecule has 3 amide bonds. The van der Waals surface area contributed by atoms with Gasteiger partial charge in [-0.3, -0.25) is 19.3 Å². The maximum absolute atomic E-state index is 12.9. The van der Waals surface area contributed by atoms with Gasteiger partial charge in [0, 0.05) is 19.2 Å². The Morgan fingerprint density at radius 3 is 2.09 bits per heavy atom. The fraction of sp³-hybridized carbons (Fsp3) is 0.160. The molecule has 0 N–H and O–H groups in total. The van der Waals surface area contributed by atoms with Crippen LogP contribution in [-0.2, 0) is 19.3 Å². The van der Waals surface area contributed by atoms with Gasteiger partial charge in [0.2, 0.25) is 0 Å². The summed E-state index contributed by atoms with van der Waals surface area (Å²) in [5.74, 6) is -1.18. The first-order valence-electron chi connectivity index (χ1n) is 10.1. The van der Waals surface area contributed by atoms with E-state index >= 15 is 0 Å². The van der Waals surface area contributed by atoms with Crippen molar-refractivity contribution >= 4 is 17.7 Å². The highest BCUT2D eigenvalue weighted by molar-refractivity contribution is 6.21. The van der Waals surface area contributed by atoms with Crippen molar-refractivity contribution in [3.05, 3.63) is 106 Å². The Hall–Kier alpha value is -3.94. The summed E-state index contributed by atoms with van der Waals surface area (Å²) in [6.45, 7) is -0.00377. The molecule has 0 spiro atoms. The van der Waals surface area contributed by atoms with Crippen LogP contribution in [0.3, 0.4) is 0 Å². The average Bonchev–Trinajstić information content (AvgIpc) is 3.03. The normalized spacial score (nSPS) is 13.3. The van der Waals surface area contributed by atoms with E-state index in [4.69, 9.17) is 0 Å². The van der Waals surface area contributed by atoms with Crippen molar-refractivity contribution in [1.29, 1.82) is 0 Å². The molecule has 0 saturated carbocycles. The number of fused-ring (bicyclic) bond motifs is 1. The smallest absolute Gasteiger partial charge is 0.337 e. The van der Waals surface area contributed by atoms with E-state index in [1.807, 2.05) is 0 Å². The van der Waals surface area contributed by atoms with E-state index in [0.29, 0.717) is 27.8 Å². The molecule has 0 radical (unpaired) electrons. The Balaban J connectivity index is 1.48. The lowest BCUT2D eigenvalue weighted by atomic mass is 10.1. The molecule has 0 unspecified atom stereocenters. The zero-order chi connectivity index (χ0) is 23.8. The summed E-state index contributed by atoms with van der Waals surface area (Å²) in [6.07, 6.45) is -4.46. The zero-order valence-corrected chi connectivity index (χ0v) is 17.6. The van der Waals surface area contributed by atoms with Crippen LogP contribution in [0.4, 0.5) is 13.2 Å². The summed E-state index contributed by atoms with van der Waals surface area (Å²) in [7, 11) is 1.50. The topological polar surface area (TPSA) is 57.7 Å². The number of imide groups is 1. The van der Waals surface area contributed by atoms with Crippen LogP contribution < -0.4 is 0 Å². The molecule has 4 rings (SSSR count). The third-order valence-corrected chi connectivity index (χ3v) is 5.41. The summed E-state index contributed by atoms with van der Waals surface area (Å²) in [5.41, 5.74) is 1.15. The molecule has 3 aromatic rings. The number of carbonyl (C=O) groups excluding carboxylic acids is 3. The van der Waals surface area contributed by atoms with Gasteiger partial charge in [-0.25, -0.2) is 0 Å². The predicted octanol–water partition coefficient (Wildman–Crippen LogP) is 4.77. The first kappa shape index (κ1) is 22.3. The number of hydrogen-bond donors (Lipinski definition) is 0. The molecule has 0 atom stereocenters. The number of amides is 3. The van der Waals surface area contributed by atoms with Crippen LogP contribution >= 0.6 is 0 Å². The summed E-state index contributed by atoms with van der Waals surface area (Å²) < 4.78 is 38.8. The SMILES string of the molecule is CN(Cc1cccc(C(F)(F)F)c1)C(=O)c1cccc(CN2C(=O)c3ccccc3C2=O)c1. The van der Waals surface area contributed by atoms with Crippen molar-refractivity contribution in [2.75, 3.05) is 7.05 Å². The molecule has 5 nitrogen and oxygen atoms in total. The number of rotatable bonds is 5. The number of benzene rings is 3. The van der Waals surface area contributed by atoms with Gasteiger partial charge in [0.1, 0.15) is 0 Å².